The summed E-state index contributed by atoms with van der Waals surface area (Å²) in [6, 6.07) is 12.9. The first kappa shape index (κ1) is 19.1. The van der Waals surface area contributed by atoms with E-state index < -0.39 is 17.5 Å². The van der Waals surface area contributed by atoms with E-state index in [9.17, 15) is 14.7 Å². The number of nitrogens with one attached hydrogen (secondary N) is 1. The zero-order valence-electron chi connectivity index (χ0n) is 14.9. The maximum atomic E-state index is 12.3. The van der Waals surface area contributed by atoms with Crippen LogP contribution in [0, 0.1) is 0 Å². The summed E-state index contributed by atoms with van der Waals surface area (Å²) < 4.78 is 5.15. The van der Waals surface area contributed by atoms with Crippen molar-refractivity contribution >= 4 is 23.3 Å². The average molecular weight is 355 g/mol. The van der Waals surface area contributed by atoms with E-state index in [1.807, 2.05) is 0 Å². The second-order valence-electron chi connectivity index (χ2n) is 6.50. The number of carbonyl (C=O) groups is 2. The third-order valence-electron chi connectivity index (χ3n) is 3.08. The van der Waals surface area contributed by atoms with Gasteiger partial charge in [-0.1, -0.05) is 12.1 Å². The second-order valence-corrected chi connectivity index (χ2v) is 6.50. The van der Waals surface area contributed by atoms with Crippen LogP contribution in [0.3, 0.4) is 0 Å². The standard InChI is InChI=1S/C19H21N3O4/c1-19(2,3)26-17(24)12-20-18(25)15-6-4-5-7-16(15)22-21-13-8-10-14(23)11-9-13/h4-11,23H,12H2,1-3H3,(H,20,25). The first-order valence-electron chi connectivity index (χ1n) is 8.04. The fraction of sp³-hybridized carbons (Fsp3) is 0.263. The van der Waals surface area contributed by atoms with Gasteiger partial charge in [-0.3, -0.25) is 9.59 Å². The predicted molar refractivity (Wildman–Crippen MR) is 96.9 cm³/mol. The summed E-state index contributed by atoms with van der Waals surface area (Å²) in [5, 5.41) is 19.9. The van der Waals surface area contributed by atoms with Crippen LogP contribution in [0.4, 0.5) is 11.4 Å². The minimum atomic E-state index is -0.613. The van der Waals surface area contributed by atoms with Crippen LogP contribution < -0.4 is 5.32 Å². The van der Waals surface area contributed by atoms with Crippen LogP contribution in [0.1, 0.15) is 31.1 Å². The van der Waals surface area contributed by atoms with Crippen LogP contribution in [-0.2, 0) is 9.53 Å². The van der Waals surface area contributed by atoms with Gasteiger partial charge in [0.25, 0.3) is 5.91 Å². The molecule has 2 aromatic rings. The van der Waals surface area contributed by atoms with E-state index in [2.05, 4.69) is 15.5 Å². The number of nitrogens with zero attached hydrogens (tertiary/aromatic N) is 2. The lowest BCUT2D eigenvalue weighted by Crippen LogP contribution is -2.34. The van der Waals surface area contributed by atoms with Crippen molar-refractivity contribution in [2.45, 2.75) is 26.4 Å². The molecule has 0 unspecified atom stereocenters. The molecule has 0 radical (unpaired) electrons. The van der Waals surface area contributed by atoms with Crippen molar-refractivity contribution in [2.24, 2.45) is 10.2 Å². The van der Waals surface area contributed by atoms with Crippen molar-refractivity contribution in [3.05, 3.63) is 54.1 Å². The van der Waals surface area contributed by atoms with Crippen molar-refractivity contribution in [3.63, 3.8) is 0 Å². The van der Waals surface area contributed by atoms with E-state index in [0.29, 0.717) is 16.9 Å². The highest BCUT2D eigenvalue weighted by Gasteiger charge is 2.18. The first-order valence-corrected chi connectivity index (χ1v) is 8.04. The number of phenolic OH excluding ortho intramolecular Hbond substituents is 1. The Bertz CT molecular complexity index is 808. The van der Waals surface area contributed by atoms with Gasteiger partial charge in [0, 0.05) is 0 Å². The van der Waals surface area contributed by atoms with Crippen LogP contribution in [0.25, 0.3) is 0 Å². The third kappa shape index (κ3) is 6.01. The summed E-state index contributed by atoms with van der Waals surface area (Å²) in [5.74, 6) is -0.837. The van der Waals surface area contributed by atoms with Gasteiger partial charge in [-0.15, -0.1) is 5.11 Å². The van der Waals surface area contributed by atoms with E-state index in [-0.39, 0.29) is 12.3 Å². The van der Waals surface area contributed by atoms with Crippen molar-refractivity contribution in [3.8, 4) is 5.75 Å². The fourth-order valence-electron chi connectivity index (χ4n) is 2.01. The minimum Gasteiger partial charge on any atom is -0.508 e. The molecule has 7 heteroatoms. The number of azo groups is 1. The summed E-state index contributed by atoms with van der Waals surface area (Å²) in [4.78, 5) is 24.1. The normalized spacial score (nSPS) is 11.3. The number of ether oxygens (including phenoxy) is 1. The summed E-state index contributed by atoms with van der Waals surface area (Å²) in [5.41, 5.74) is 0.575. The van der Waals surface area contributed by atoms with E-state index in [1.54, 1.807) is 57.2 Å². The lowest BCUT2D eigenvalue weighted by atomic mass is 10.1. The molecule has 0 heterocycles. The van der Waals surface area contributed by atoms with E-state index in [1.165, 1.54) is 12.1 Å². The lowest BCUT2D eigenvalue weighted by Gasteiger charge is -2.19. The number of rotatable bonds is 5. The quantitative estimate of drug-likeness (QED) is 0.628. The topological polar surface area (TPSA) is 100 Å². The maximum Gasteiger partial charge on any atom is 0.325 e. The molecule has 0 atom stereocenters. The van der Waals surface area contributed by atoms with Crippen LogP contribution in [-0.4, -0.2) is 29.1 Å². The molecule has 26 heavy (non-hydrogen) atoms. The highest BCUT2D eigenvalue weighted by molar-refractivity contribution is 6.00. The monoisotopic (exact) mass is 355 g/mol. The van der Waals surface area contributed by atoms with Gasteiger partial charge in [-0.05, 0) is 57.2 Å². The SMILES string of the molecule is CC(C)(C)OC(=O)CNC(=O)c1ccccc1N=Nc1ccc(O)cc1. The van der Waals surface area contributed by atoms with E-state index in [0.717, 1.165) is 0 Å². The van der Waals surface area contributed by atoms with Gasteiger partial charge in [0.05, 0.1) is 16.9 Å². The number of amides is 1. The van der Waals surface area contributed by atoms with Gasteiger partial charge in [0.2, 0.25) is 0 Å². The molecule has 0 fully saturated rings. The molecule has 0 saturated heterocycles. The smallest absolute Gasteiger partial charge is 0.325 e. The Hall–Kier alpha value is -3.22. The van der Waals surface area contributed by atoms with Crippen LogP contribution >= 0.6 is 0 Å². The summed E-state index contributed by atoms with van der Waals surface area (Å²) in [6.07, 6.45) is 0. The van der Waals surface area contributed by atoms with Crippen molar-refractivity contribution < 1.29 is 19.4 Å². The summed E-state index contributed by atoms with van der Waals surface area (Å²) in [7, 11) is 0. The Morgan fingerprint density at radius 3 is 2.35 bits per heavy atom. The summed E-state index contributed by atoms with van der Waals surface area (Å²) >= 11 is 0. The zero-order valence-corrected chi connectivity index (χ0v) is 14.9. The fourth-order valence-corrected chi connectivity index (χ4v) is 2.01. The largest absolute Gasteiger partial charge is 0.508 e. The lowest BCUT2D eigenvalue weighted by molar-refractivity contribution is -0.153. The number of benzene rings is 2. The highest BCUT2D eigenvalue weighted by Crippen LogP contribution is 2.23. The summed E-state index contributed by atoms with van der Waals surface area (Å²) in [6.45, 7) is 5.03. The molecule has 0 aromatic heterocycles. The third-order valence-corrected chi connectivity index (χ3v) is 3.08. The van der Waals surface area contributed by atoms with Crippen molar-refractivity contribution in [2.75, 3.05) is 6.54 Å². The molecular weight excluding hydrogens is 334 g/mol. The molecule has 7 nitrogen and oxygen atoms in total. The molecule has 136 valence electrons. The van der Waals surface area contributed by atoms with Crippen LogP contribution in [0.5, 0.6) is 5.75 Å². The molecule has 0 saturated carbocycles. The molecule has 2 rings (SSSR count). The molecule has 0 spiro atoms. The molecular formula is C19H21N3O4. The van der Waals surface area contributed by atoms with E-state index >= 15 is 0 Å². The van der Waals surface area contributed by atoms with Crippen LogP contribution in [0.2, 0.25) is 0 Å². The molecule has 0 aliphatic carbocycles. The Balaban J connectivity index is 2.06. The van der Waals surface area contributed by atoms with Gasteiger partial charge in [0.15, 0.2) is 0 Å². The first-order chi connectivity index (χ1) is 12.2. The number of esters is 1. The number of phenols is 1. The van der Waals surface area contributed by atoms with Gasteiger partial charge >= 0.3 is 5.97 Å². The van der Waals surface area contributed by atoms with Gasteiger partial charge in [-0.2, -0.15) is 5.11 Å². The zero-order chi connectivity index (χ0) is 19.2. The molecule has 1 amide bonds. The maximum absolute atomic E-state index is 12.3. The minimum absolute atomic E-state index is 0.130. The number of aromatic hydroxyl groups is 1. The van der Waals surface area contributed by atoms with Crippen LogP contribution in [0.15, 0.2) is 58.8 Å². The molecule has 0 bridgehead atoms. The second kappa shape index (κ2) is 8.24. The number of hydrogen-bond acceptors (Lipinski definition) is 6. The predicted octanol–water partition coefficient (Wildman–Crippen LogP) is 3.88. The van der Waals surface area contributed by atoms with Gasteiger partial charge in [0.1, 0.15) is 17.9 Å². The van der Waals surface area contributed by atoms with Crippen molar-refractivity contribution in [1.82, 2.24) is 5.32 Å². The molecule has 2 aromatic carbocycles. The Morgan fingerprint density at radius 2 is 1.69 bits per heavy atom. The number of hydrogen-bond donors (Lipinski definition) is 2. The van der Waals surface area contributed by atoms with Crippen molar-refractivity contribution in [1.29, 1.82) is 0 Å². The molecule has 2 N–H and O–H groups in total. The Morgan fingerprint density at radius 1 is 1.04 bits per heavy atom. The Labute approximate surface area is 151 Å². The van der Waals surface area contributed by atoms with Gasteiger partial charge in [-0.25, -0.2) is 0 Å². The van der Waals surface area contributed by atoms with Gasteiger partial charge < -0.3 is 15.2 Å². The highest BCUT2D eigenvalue weighted by atomic mass is 16.6. The van der Waals surface area contributed by atoms with E-state index in [4.69, 9.17) is 4.74 Å². The number of carbonyl (C=O) groups excluding carboxylic acids is 2. The Kier molecular flexibility index (Phi) is 6.06. The molecule has 0 aliphatic heterocycles. The average Bonchev–Trinajstić information content (AvgIpc) is 2.58. The molecule has 0 aliphatic rings.